The second-order valence-electron chi connectivity index (χ2n) is 9.84. The van der Waals surface area contributed by atoms with Gasteiger partial charge in [0.15, 0.2) is 0 Å². The third kappa shape index (κ3) is 7.47. The zero-order chi connectivity index (χ0) is 23.4. The zero-order valence-corrected chi connectivity index (χ0v) is 20.8. The Morgan fingerprint density at radius 3 is 2.32 bits per heavy atom. The van der Waals surface area contributed by atoms with Crippen LogP contribution in [0.5, 0.6) is 0 Å². The van der Waals surface area contributed by atoms with Gasteiger partial charge in [0.05, 0.1) is 15.7 Å². The van der Waals surface area contributed by atoms with E-state index in [2.05, 4.69) is 22.9 Å². The monoisotopic (exact) mass is 444 g/mol. The summed E-state index contributed by atoms with van der Waals surface area (Å²) in [5, 5.41) is 0. The largest absolute Gasteiger partial charge is 0.444 e. The summed E-state index contributed by atoms with van der Waals surface area (Å²) in [5.41, 5.74) is 3.68. The van der Waals surface area contributed by atoms with Crippen molar-refractivity contribution in [1.82, 2.24) is 9.62 Å². The normalized spacial score (nSPS) is 14.1. The quantitative estimate of drug-likeness (QED) is 0.609. The van der Waals surface area contributed by atoms with Crippen LogP contribution in [0.4, 0.5) is 4.79 Å². The first-order chi connectivity index (χ1) is 14.3. The minimum atomic E-state index is -1.15. The lowest BCUT2D eigenvalue weighted by Crippen LogP contribution is -2.34. The first-order valence-electron chi connectivity index (χ1n) is 10.6. The van der Waals surface area contributed by atoms with Gasteiger partial charge in [0.2, 0.25) is 0 Å². The van der Waals surface area contributed by atoms with Crippen LogP contribution in [0.1, 0.15) is 65.6 Å². The molecule has 0 aliphatic heterocycles. The Kier molecular flexibility index (Phi) is 8.06. The number of carbonyl (C=O) groups is 1. The number of rotatable bonds is 6. The first-order valence-corrected chi connectivity index (χ1v) is 11.7. The molecule has 2 aromatic rings. The van der Waals surface area contributed by atoms with E-state index in [4.69, 9.17) is 4.74 Å². The second kappa shape index (κ2) is 9.96. The maximum absolute atomic E-state index is 12.5. The molecule has 2 aromatic carbocycles. The highest BCUT2D eigenvalue weighted by atomic mass is 32.2. The van der Waals surface area contributed by atoms with Gasteiger partial charge in [0.25, 0.3) is 0 Å². The smallest absolute Gasteiger partial charge is 0.410 e. The van der Waals surface area contributed by atoms with Crippen LogP contribution in [0.15, 0.2) is 48.5 Å². The number of amides is 1. The predicted molar refractivity (Wildman–Crippen MR) is 129 cm³/mol. The van der Waals surface area contributed by atoms with Crippen LogP contribution in [0.3, 0.4) is 0 Å². The summed E-state index contributed by atoms with van der Waals surface area (Å²) in [4.78, 5) is 14.0. The lowest BCUT2D eigenvalue weighted by Gasteiger charge is -2.25. The molecule has 0 fully saturated rings. The molecule has 0 spiro atoms. The molecule has 0 aliphatic rings. The Balaban J connectivity index is 2.26. The van der Waals surface area contributed by atoms with Crippen LogP contribution >= 0.6 is 0 Å². The number of benzene rings is 2. The lowest BCUT2D eigenvalue weighted by atomic mass is 9.96. The third-order valence-corrected chi connectivity index (χ3v) is 6.35. The Hall–Kier alpha value is -2.18. The summed E-state index contributed by atoms with van der Waals surface area (Å²) >= 11 is 0. The lowest BCUT2D eigenvalue weighted by molar-refractivity contribution is 0.0285. The van der Waals surface area contributed by atoms with Crippen LogP contribution in [0.2, 0.25) is 0 Å². The van der Waals surface area contributed by atoms with Crippen molar-refractivity contribution in [1.29, 1.82) is 0 Å². The summed E-state index contributed by atoms with van der Waals surface area (Å²) in [6.07, 6.45) is -0.349. The van der Waals surface area contributed by atoms with E-state index in [0.29, 0.717) is 6.54 Å². The molecule has 1 amide bonds. The van der Waals surface area contributed by atoms with E-state index in [-0.39, 0.29) is 16.9 Å². The van der Waals surface area contributed by atoms with Crippen molar-refractivity contribution >= 4 is 17.1 Å². The van der Waals surface area contributed by atoms with Crippen molar-refractivity contribution in [3.8, 4) is 11.1 Å². The maximum Gasteiger partial charge on any atom is 0.410 e. The molecule has 1 N–H and O–H groups in total. The predicted octanol–water partition coefficient (Wildman–Crippen LogP) is 5.83. The third-order valence-electron chi connectivity index (χ3n) is 4.67. The van der Waals surface area contributed by atoms with Crippen molar-refractivity contribution in [2.75, 3.05) is 7.05 Å². The van der Waals surface area contributed by atoms with Gasteiger partial charge in [0, 0.05) is 19.6 Å². The molecule has 0 aromatic heterocycles. The Bertz CT molecular complexity index is 929. The molecule has 0 saturated carbocycles. The van der Waals surface area contributed by atoms with Gasteiger partial charge in [-0.05, 0) is 76.8 Å². The standard InChI is InChI=1S/C25H36N2O3S/c1-18(26-31(29)25(5,6)7)19-13-11-14-20(16-19)22-15-10-9-12-21(22)17-27(8)23(28)30-24(2,3)4/h9-16,18,26H,17H2,1-8H3. The van der Waals surface area contributed by atoms with Crippen molar-refractivity contribution < 1.29 is 13.7 Å². The minimum absolute atomic E-state index is 0.0587. The van der Waals surface area contributed by atoms with Crippen LogP contribution in [-0.2, 0) is 22.3 Å². The summed E-state index contributed by atoms with van der Waals surface area (Å²) < 4.78 is 20.8. The molecule has 5 nitrogen and oxygen atoms in total. The maximum atomic E-state index is 12.5. The summed E-state index contributed by atoms with van der Waals surface area (Å²) in [5.74, 6) is 0. The molecule has 0 aliphatic carbocycles. The van der Waals surface area contributed by atoms with Gasteiger partial charge in [-0.25, -0.2) is 13.7 Å². The van der Waals surface area contributed by atoms with Gasteiger partial charge < -0.3 is 9.64 Å². The molecule has 31 heavy (non-hydrogen) atoms. The minimum Gasteiger partial charge on any atom is -0.444 e. The van der Waals surface area contributed by atoms with Crippen molar-refractivity contribution in [3.05, 3.63) is 59.7 Å². The number of hydrogen-bond donors (Lipinski definition) is 1. The molecule has 0 saturated heterocycles. The SMILES string of the molecule is CC(NS(=O)C(C)(C)C)c1cccc(-c2ccccc2CN(C)C(=O)OC(C)(C)C)c1. The molecular weight excluding hydrogens is 408 g/mol. The van der Waals surface area contributed by atoms with E-state index in [0.717, 1.165) is 22.3 Å². The van der Waals surface area contributed by atoms with Gasteiger partial charge in [-0.2, -0.15) is 0 Å². The fourth-order valence-electron chi connectivity index (χ4n) is 2.98. The van der Waals surface area contributed by atoms with Crippen molar-refractivity contribution in [2.24, 2.45) is 0 Å². The van der Waals surface area contributed by atoms with E-state index < -0.39 is 16.6 Å². The van der Waals surface area contributed by atoms with Gasteiger partial charge >= 0.3 is 6.09 Å². The fraction of sp³-hybridized carbons (Fsp3) is 0.480. The van der Waals surface area contributed by atoms with Gasteiger partial charge in [-0.15, -0.1) is 0 Å². The van der Waals surface area contributed by atoms with Crippen LogP contribution in [-0.4, -0.2) is 32.6 Å². The molecule has 6 heteroatoms. The Morgan fingerprint density at radius 1 is 1.06 bits per heavy atom. The van der Waals surface area contributed by atoms with Crippen molar-refractivity contribution in [2.45, 2.75) is 71.4 Å². The molecule has 2 atom stereocenters. The first kappa shape index (κ1) is 25.1. The number of nitrogens with one attached hydrogen (secondary N) is 1. The van der Waals surface area contributed by atoms with Gasteiger partial charge in [-0.1, -0.05) is 42.5 Å². The summed E-state index contributed by atoms with van der Waals surface area (Å²) in [7, 11) is 0.592. The van der Waals surface area contributed by atoms with E-state index >= 15 is 0 Å². The van der Waals surface area contributed by atoms with Crippen LogP contribution < -0.4 is 4.72 Å². The number of ether oxygens (including phenoxy) is 1. The fourth-order valence-corrected chi connectivity index (χ4v) is 3.79. The van der Waals surface area contributed by atoms with Gasteiger partial charge in [0.1, 0.15) is 5.60 Å². The number of carbonyl (C=O) groups excluding carboxylic acids is 1. The molecule has 0 bridgehead atoms. The summed E-state index contributed by atoms with van der Waals surface area (Å²) in [6, 6.07) is 16.2. The average molecular weight is 445 g/mol. The Labute approximate surface area is 189 Å². The zero-order valence-electron chi connectivity index (χ0n) is 20.0. The molecule has 0 heterocycles. The van der Waals surface area contributed by atoms with E-state index in [9.17, 15) is 9.00 Å². The topological polar surface area (TPSA) is 58.6 Å². The number of hydrogen-bond acceptors (Lipinski definition) is 3. The number of nitrogens with zero attached hydrogens (tertiary/aromatic N) is 1. The molecule has 2 unspecified atom stereocenters. The summed E-state index contributed by atoms with van der Waals surface area (Å²) in [6.45, 7) is 13.9. The highest BCUT2D eigenvalue weighted by Gasteiger charge is 2.22. The second-order valence-corrected chi connectivity index (χ2v) is 11.8. The van der Waals surface area contributed by atoms with E-state index in [1.165, 1.54) is 0 Å². The van der Waals surface area contributed by atoms with Crippen LogP contribution in [0.25, 0.3) is 11.1 Å². The molecule has 170 valence electrons. The van der Waals surface area contributed by atoms with E-state index in [1.54, 1.807) is 11.9 Å². The van der Waals surface area contributed by atoms with Crippen molar-refractivity contribution in [3.63, 3.8) is 0 Å². The van der Waals surface area contributed by atoms with Gasteiger partial charge in [-0.3, -0.25) is 0 Å². The highest BCUT2D eigenvalue weighted by Crippen LogP contribution is 2.28. The molecular formula is C25H36N2O3S. The van der Waals surface area contributed by atoms with E-state index in [1.807, 2.05) is 78.8 Å². The highest BCUT2D eigenvalue weighted by molar-refractivity contribution is 7.84. The Morgan fingerprint density at radius 2 is 1.71 bits per heavy atom. The van der Waals surface area contributed by atoms with Crippen LogP contribution in [0, 0.1) is 0 Å². The molecule has 2 rings (SSSR count). The average Bonchev–Trinajstić information content (AvgIpc) is 2.66. The molecule has 0 radical (unpaired) electrons.